The molecule has 0 saturated carbocycles. The number of carbonyl (C=O) groups is 2. The molecule has 3 aromatic carbocycles. The lowest BCUT2D eigenvalue weighted by Crippen LogP contribution is -2.30. The number of carbonyl (C=O) groups excluding carboxylic acids is 2. The van der Waals surface area contributed by atoms with Crippen molar-refractivity contribution in [1.29, 1.82) is 0 Å². The molecule has 0 spiro atoms. The van der Waals surface area contributed by atoms with E-state index in [2.05, 4.69) is 26.6 Å². The van der Waals surface area contributed by atoms with Gasteiger partial charge in [-0.25, -0.2) is 9.59 Å². The van der Waals surface area contributed by atoms with Crippen molar-refractivity contribution in [2.45, 2.75) is 65.0 Å². The van der Waals surface area contributed by atoms with E-state index < -0.39 is 14.0 Å². The molecule has 1 heterocycles. The summed E-state index contributed by atoms with van der Waals surface area (Å²) in [4.78, 5) is 39.4. The third-order valence-corrected chi connectivity index (χ3v) is 9.03. The van der Waals surface area contributed by atoms with Crippen LogP contribution in [0.1, 0.15) is 57.3 Å². The van der Waals surface area contributed by atoms with Crippen molar-refractivity contribution >= 4 is 20.0 Å². The first kappa shape index (κ1) is 31.7. The van der Waals surface area contributed by atoms with E-state index in [1.165, 1.54) is 0 Å². The summed E-state index contributed by atoms with van der Waals surface area (Å²) in [5.41, 5.74) is 4.53. The molecule has 0 aliphatic carbocycles. The minimum Gasteiger partial charge on any atom is -0.462 e. The Morgan fingerprint density at radius 2 is 1.42 bits per heavy atom. The fourth-order valence-corrected chi connectivity index (χ4v) is 5.45. The minimum atomic E-state index is -1.31. The SMILES string of the molecule is CCCCc1ccc(C(=O)OCc2ccccc2)c(=O)n1Cc1ccc(-c2ccccc2C(=O)OCC[Si](C)(C)C)cc1. The molecular formula is C36H41NO5Si. The summed E-state index contributed by atoms with van der Waals surface area (Å²) in [6.07, 6.45) is 2.65. The summed E-state index contributed by atoms with van der Waals surface area (Å²) in [5.74, 6) is -0.950. The van der Waals surface area contributed by atoms with E-state index in [0.717, 1.165) is 53.3 Å². The van der Waals surface area contributed by atoms with E-state index in [1.807, 2.05) is 78.9 Å². The fourth-order valence-electron chi connectivity index (χ4n) is 4.74. The van der Waals surface area contributed by atoms with Gasteiger partial charge in [-0.15, -0.1) is 0 Å². The molecule has 43 heavy (non-hydrogen) atoms. The maximum absolute atomic E-state index is 13.6. The second kappa shape index (κ2) is 14.8. The van der Waals surface area contributed by atoms with Crippen molar-refractivity contribution in [2.75, 3.05) is 6.61 Å². The molecule has 0 fully saturated rings. The largest absolute Gasteiger partial charge is 0.462 e. The highest BCUT2D eigenvalue weighted by atomic mass is 28.3. The van der Waals surface area contributed by atoms with E-state index in [9.17, 15) is 14.4 Å². The lowest BCUT2D eigenvalue weighted by atomic mass is 9.98. The Morgan fingerprint density at radius 1 is 0.744 bits per heavy atom. The van der Waals surface area contributed by atoms with E-state index in [-0.39, 0.29) is 23.7 Å². The predicted octanol–water partition coefficient (Wildman–Crippen LogP) is 7.76. The van der Waals surface area contributed by atoms with Gasteiger partial charge in [0.25, 0.3) is 5.56 Å². The molecule has 6 nitrogen and oxygen atoms in total. The van der Waals surface area contributed by atoms with Crippen molar-refractivity contribution in [3.63, 3.8) is 0 Å². The summed E-state index contributed by atoms with van der Waals surface area (Å²) in [7, 11) is -1.31. The minimum absolute atomic E-state index is 0.0226. The molecule has 4 rings (SSSR count). The Kier molecular flexibility index (Phi) is 10.9. The molecule has 0 atom stereocenters. The van der Waals surface area contributed by atoms with Crippen molar-refractivity contribution < 1.29 is 19.1 Å². The average Bonchev–Trinajstić information content (AvgIpc) is 3.00. The van der Waals surface area contributed by atoms with Crippen LogP contribution in [-0.2, 0) is 29.0 Å². The van der Waals surface area contributed by atoms with Crippen molar-refractivity contribution in [3.8, 4) is 11.1 Å². The number of nitrogens with zero attached hydrogens (tertiary/aromatic N) is 1. The number of hydrogen-bond acceptors (Lipinski definition) is 5. The monoisotopic (exact) mass is 595 g/mol. The van der Waals surface area contributed by atoms with Crippen LogP contribution in [0.15, 0.2) is 95.8 Å². The van der Waals surface area contributed by atoms with E-state index in [1.54, 1.807) is 16.7 Å². The maximum atomic E-state index is 13.6. The van der Waals surface area contributed by atoms with Crippen LogP contribution in [-0.4, -0.2) is 31.2 Å². The molecule has 224 valence electrons. The zero-order chi connectivity index (χ0) is 30.8. The van der Waals surface area contributed by atoms with Gasteiger partial charge in [0.05, 0.1) is 18.7 Å². The van der Waals surface area contributed by atoms with Crippen LogP contribution >= 0.6 is 0 Å². The summed E-state index contributed by atoms with van der Waals surface area (Å²) in [6, 6.07) is 29.0. The van der Waals surface area contributed by atoms with E-state index >= 15 is 0 Å². The summed E-state index contributed by atoms with van der Waals surface area (Å²) >= 11 is 0. The van der Waals surface area contributed by atoms with Gasteiger partial charge in [-0.3, -0.25) is 4.79 Å². The first-order valence-electron chi connectivity index (χ1n) is 15.0. The first-order valence-corrected chi connectivity index (χ1v) is 18.7. The highest BCUT2D eigenvalue weighted by Gasteiger charge is 2.19. The Balaban J connectivity index is 1.54. The lowest BCUT2D eigenvalue weighted by Gasteiger charge is -2.16. The van der Waals surface area contributed by atoms with Crippen LogP contribution in [0.3, 0.4) is 0 Å². The molecular weight excluding hydrogens is 554 g/mol. The normalized spacial score (nSPS) is 11.3. The van der Waals surface area contributed by atoms with Crippen molar-refractivity contribution in [1.82, 2.24) is 4.57 Å². The Hall–Kier alpha value is -4.23. The average molecular weight is 596 g/mol. The second-order valence-electron chi connectivity index (χ2n) is 12.0. The summed E-state index contributed by atoms with van der Waals surface area (Å²) in [6.45, 7) is 9.72. The second-order valence-corrected chi connectivity index (χ2v) is 17.6. The number of ether oxygens (including phenoxy) is 2. The number of pyridine rings is 1. The lowest BCUT2D eigenvalue weighted by molar-refractivity contribution is 0.0468. The molecule has 1 aromatic heterocycles. The van der Waals surface area contributed by atoms with Gasteiger partial charge in [0.1, 0.15) is 12.2 Å². The van der Waals surface area contributed by atoms with Gasteiger partial charge in [0, 0.05) is 13.8 Å². The van der Waals surface area contributed by atoms with Crippen LogP contribution in [0, 0.1) is 0 Å². The standard InChI is InChI=1S/C36H41NO5Si/c1-5-6-14-30-21-22-33(36(40)42-26-28-12-8-7-9-13-28)34(38)37(30)25-27-17-19-29(20-18-27)31-15-10-11-16-32(31)35(39)41-23-24-43(2,3)4/h7-13,15-22H,5-6,14,23-26H2,1-4H3. The summed E-state index contributed by atoms with van der Waals surface area (Å²) < 4.78 is 12.8. The van der Waals surface area contributed by atoms with Gasteiger partial charge < -0.3 is 14.0 Å². The molecule has 0 unspecified atom stereocenters. The molecule has 4 aromatic rings. The van der Waals surface area contributed by atoms with Gasteiger partial charge in [-0.2, -0.15) is 0 Å². The zero-order valence-electron chi connectivity index (χ0n) is 25.6. The zero-order valence-corrected chi connectivity index (χ0v) is 26.6. The number of esters is 2. The smallest absolute Gasteiger partial charge is 0.344 e. The molecule has 0 saturated heterocycles. The highest BCUT2D eigenvalue weighted by Crippen LogP contribution is 2.25. The van der Waals surface area contributed by atoms with Crippen molar-refractivity contribution in [3.05, 3.63) is 129 Å². The van der Waals surface area contributed by atoms with Gasteiger partial charge in [-0.05, 0) is 59.3 Å². The molecule has 0 aliphatic heterocycles. The number of unbranched alkanes of at least 4 members (excludes halogenated alkanes) is 1. The topological polar surface area (TPSA) is 74.6 Å². The predicted molar refractivity (Wildman–Crippen MR) is 174 cm³/mol. The molecule has 7 heteroatoms. The number of aromatic nitrogens is 1. The Morgan fingerprint density at radius 3 is 2.12 bits per heavy atom. The van der Waals surface area contributed by atoms with Crippen LogP contribution in [0.2, 0.25) is 25.7 Å². The Labute approximate surface area is 255 Å². The third-order valence-electron chi connectivity index (χ3n) is 7.32. The Bertz CT molecular complexity index is 1590. The molecule has 0 bridgehead atoms. The number of hydrogen-bond donors (Lipinski definition) is 0. The van der Waals surface area contributed by atoms with Crippen LogP contribution < -0.4 is 5.56 Å². The van der Waals surface area contributed by atoms with Crippen molar-refractivity contribution in [2.24, 2.45) is 0 Å². The van der Waals surface area contributed by atoms with Crippen LogP contribution in [0.5, 0.6) is 0 Å². The molecule has 0 radical (unpaired) electrons. The number of aryl methyl sites for hydroxylation is 1. The van der Waals surface area contributed by atoms with Gasteiger partial charge in [0.2, 0.25) is 0 Å². The van der Waals surface area contributed by atoms with Gasteiger partial charge >= 0.3 is 11.9 Å². The van der Waals surface area contributed by atoms with Gasteiger partial charge in [-0.1, -0.05) is 106 Å². The quantitative estimate of drug-likeness (QED) is 0.117. The molecule has 0 amide bonds. The molecule has 0 aliphatic rings. The van der Waals surface area contributed by atoms with E-state index in [0.29, 0.717) is 18.7 Å². The first-order chi connectivity index (χ1) is 20.7. The maximum Gasteiger partial charge on any atom is 0.344 e. The third kappa shape index (κ3) is 8.88. The van der Waals surface area contributed by atoms with Crippen LogP contribution in [0.25, 0.3) is 11.1 Å². The highest BCUT2D eigenvalue weighted by molar-refractivity contribution is 6.76. The molecule has 0 N–H and O–H groups in total. The number of benzene rings is 3. The van der Waals surface area contributed by atoms with Crippen LogP contribution in [0.4, 0.5) is 0 Å². The summed E-state index contributed by atoms with van der Waals surface area (Å²) in [5, 5.41) is 0. The number of rotatable bonds is 13. The van der Waals surface area contributed by atoms with Gasteiger partial charge in [0.15, 0.2) is 0 Å². The van der Waals surface area contributed by atoms with E-state index in [4.69, 9.17) is 9.47 Å². The fraction of sp³-hybridized carbons (Fsp3) is 0.306.